The summed E-state index contributed by atoms with van der Waals surface area (Å²) in [5, 5.41) is 9.63. The highest BCUT2D eigenvalue weighted by molar-refractivity contribution is 6.17. The van der Waals surface area contributed by atoms with Gasteiger partial charge in [-0.25, -0.2) is 4.79 Å². The molecule has 0 saturated heterocycles. The number of aromatic nitrogens is 2. The van der Waals surface area contributed by atoms with E-state index in [1.54, 1.807) is 54.6 Å². The average molecular weight is 593 g/mol. The maximum atomic E-state index is 13.9. The van der Waals surface area contributed by atoms with Crippen molar-refractivity contribution in [2.45, 2.75) is 13.1 Å². The molecule has 0 saturated carbocycles. The van der Waals surface area contributed by atoms with Gasteiger partial charge in [0, 0.05) is 39.5 Å². The van der Waals surface area contributed by atoms with E-state index in [9.17, 15) is 22.8 Å². The predicted octanol–water partition coefficient (Wildman–Crippen LogP) is 8.76. The third-order valence-electron chi connectivity index (χ3n) is 7.00. The summed E-state index contributed by atoms with van der Waals surface area (Å²) < 4.78 is 46.9. The van der Waals surface area contributed by atoms with Crippen LogP contribution < -0.4 is 10.6 Å². The van der Waals surface area contributed by atoms with E-state index in [-0.39, 0.29) is 22.0 Å². The van der Waals surface area contributed by atoms with Gasteiger partial charge in [0.15, 0.2) is 5.78 Å². The number of benzene rings is 4. The number of urea groups is 1. The number of carbonyl (C=O) groups excluding carboxylic acids is 2. The number of fused-ring (bicyclic) bond motifs is 1. The highest BCUT2D eigenvalue weighted by atomic mass is 19.4. The summed E-state index contributed by atoms with van der Waals surface area (Å²) in [5.74, 6) is -0.403. The fourth-order valence-electron chi connectivity index (χ4n) is 5.04. The summed E-state index contributed by atoms with van der Waals surface area (Å²) in [6, 6.07) is 25.6. The van der Waals surface area contributed by atoms with E-state index in [2.05, 4.69) is 20.8 Å². The molecule has 10 heteroatoms. The summed E-state index contributed by atoms with van der Waals surface area (Å²) >= 11 is 0. The molecule has 6 rings (SSSR count). The number of nitrogens with zero attached hydrogens (tertiary/aromatic N) is 2. The number of pyridine rings is 1. The van der Waals surface area contributed by atoms with E-state index in [1.807, 2.05) is 31.2 Å². The van der Waals surface area contributed by atoms with Crippen LogP contribution in [0.4, 0.5) is 29.3 Å². The minimum absolute atomic E-state index is 0.122. The van der Waals surface area contributed by atoms with Gasteiger partial charge in [-0.15, -0.1) is 0 Å². The van der Waals surface area contributed by atoms with Crippen molar-refractivity contribution >= 4 is 34.1 Å². The Morgan fingerprint density at radius 1 is 0.818 bits per heavy atom. The number of carbonyl (C=O) groups is 2. The van der Waals surface area contributed by atoms with Crippen LogP contribution in [-0.4, -0.2) is 22.0 Å². The topological polar surface area (TPSA) is 97.1 Å². The van der Waals surface area contributed by atoms with Gasteiger partial charge < -0.3 is 15.2 Å². The van der Waals surface area contributed by atoms with E-state index in [0.29, 0.717) is 28.2 Å². The van der Waals surface area contributed by atoms with Crippen LogP contribution in [0.5, 0.6) is 0 Å². The Kier molecular flexibility index (Phi) is 7.40. The Labute approximate surface area is 249 Å². The third kappa shape index (κ3) is 5.65. The number of para-hydroxylation sites is 1. The van der Waals surface area contributed by atoms with Gasteiger partial charge in [-0.05, 0) is 36.8 Å². The molecule has 44 heavy (non-hydrogen) atoms. The Balaban J connectivity index is 1.38. The molecule has 218 valence electrons. The van der Waals surface area contributed by atoms with Gasteiger partial charge in [-0.3, -0.25) is 9.78 Å². The smallest absolute Gasteiger partial charge is 0.362 e. The molecule has 2 heterocycles. The highest BCUT2D eigenvalue weighted by Gasteiger charge is 2.34. The lowest BCUT2D eigenvalue weighted by molar-refractivity contribution is -0.136. The number of rotatable bonds is 6. The number of nitrogens with one attached hydrogen (secondary N) is 2. The molecule has 0 aliphatic heterocycles. The molecule has 0 atom stereocenters. The lowest BCUT2D eigenvalue weighted by atomic mass is 9.91. The van der Waals surface area contributed by atoms with E-state index in [4.69, 9.17) is 4.52 Å². The number of ketones is 1. The molecular weight excluding hydrogens is 569 g/mol. The molecule has 0 radical (unpaired) electrons. The molecule has 0 spiro atoms. The average Bonchev–Trinajstić information content (AvgIpc) is 3.47. The van der Waals surface area contributed by atoms with Crippen molar-refractivity contribution in [2.75, 3.05) is 10.6 Å². The number of aryl methyl sites for hydroxylation is 1. The Bertz CT molecular complexity index is 2020. The van der Waals surface area contributed by atoms with Crippen LogP contribution in [0.1, 0.15) is 27.0 Å². The summed E-state index contributed by atoms with van der Waals surface area (Å²) in [5.41, 5.74) is 2.86. The first-order chi connectivity index (χ1) is 21.2. The minimum Gasteiger partial charge on any atom is -0.362 e. The number of amides is 2. The molecular formula is C34H23F3N4O3. The molecule has 0 bridgehead atoms. The largest absolute Gasteiger partial charge is 0.418 e. The van der Waals surface area contributed by atoms with E-state index < -0.39 is 23.6 Å². The first kappa shape index (κ1) is 28.4. The number of hydrogen-bond acceptors (Lipinski definition) is 5. The number of anilines is 2. The summed E-state index contributed by atoms with van der Waals surface area (Å²) in [7, 11) is 0. The lowest BCUT2D eigenvalue weighted by Gasteiger charge is -2.16. The maximum Gasteiger partial charge on any atom is 0.418 e. The second kappa shape index (κ2) is 11.5. The van der Waals surface area contributed by atoms with E-state index >= 15 is 0 Å². The third-order valence-corrected chi connectivity index (χ3v) is 7.00. The zero-order chi connectivity index (χ0) is 30.8. The molecule has 6 aromatic rings. The van der Waals surface area contributed by atoms with Crippen LogP contribution >= 0.6 is 0 Å². The van der Waals surface area contributed by atoms with Crippen molar-refractivity contribution in [3.63, 3.8) is 0 Å². The van der Waals surface area contributed by atoms with Crippen LogP contribution in [0.2, 0.25) is 0 Å². The van der Waals surface area contributed by atoms with Gasteiger partial charge in [-0.2, -0.15) is 13.2 Å². The molecule has 0 aliphatic carbocycles. The predicted molar refractivity (Wildman–Crippen MR) is 161 cm³/mol. The number of alkyl halides is 3. The first-order valence-corrected chi connectivity index (χ1v) is 13.5. The molecule has 2 amide bonds. The molecule has 4 aromatic carbocycles. The number of hydrogen-bond donors (Lipinski definition) is 2. The lowest BCUT2D eigenvalue weighted by Crippen LogP contribution is -2.19. The van der Waals surface area contributed by atoms with Crippen molar-refractivity contribution in [1.29, 1.82) is 0 Å². The van der Waals surface area contributed by atoms with Crippen molar-refractivity contribution in [1.82, 2.24) is 10.1 Å². The minimum atomic E-state index is -4.66. The zero-order valence-corrected chi connectivity index (χ0v) is 23.1. The van der Waals surface area contributed by atoms with Crippen LogP contribution in [0.15, 0.2) is 114 Å². The van der Waals surface area contributed by atoms with Crippen molar-refractivity contribution in [2.24, 2.45) is 0 Å². The summed E-state index contributed by atoms with van der Waals surface area (Å²) in [6.45, 7) is 1.94. The van der Waals surface area contributed by atoms with Crippen molar-refractivity contribution < 1.29 is 27.3 Å². The Morgan fingerprint density at radius 3 is 2.34 bits per heavy atom. The molecule has 2 aromatic heterocycles. The monoisotopic (exact) mass is 592 g/mol. The normalized spacial score (nSPS) is 11.4. The van der Waals surface area contributed by atoms with Gasteiger partial charge in [0.05, 0.1) is 11.1 Å². The molecule has 2 N–H and O–H groups in total. The fourth-order valence-corrected chi connectivity index (χ4v) is 5.04. The van der Waals surface area contributed by atoms with E-state index in [0.717, 1.165) is 17.2 Å². The van der Waals surface area contributed by atoms with Crippen LogP contribution in [-0.2, 0) is 6.18 Å². The molecule has 0 fully saturated rings. The Hall–Kier alpha value is -5.77. The van der Waals surface area contributed by atoms with Crippen LogP contribution in [0.3, 0.4) is 0 Å². The van der Waals surface area contributed by atoms with Crippen molar-refractivity contribution in [3.8, 4) is 22.4 Å². The maximum absolute atomic E-state index is 13.9. The molecule has 7 nitrogen and oxygen atoms in total. The second-order valence-corrected chi connectivity index (χ2v) is 10.0. The number of halogens is 3. The van der Waals surface area contributed by atoms with Gasteiger partial charge >= 0.3 is 12.2 Å². The standard InChI is InChI=1S/C34H23F3N4O3/c1-20-8-5-12-23(16-20)30-28(19-44-41-30)40-33(43)39-24-13-6-11-22(17-24)29-25-14-7-15-27(34(35,36)37)31(25)38-18-26(29)32(42)21-9-3-2-4-10-21/h2-19H,1H3,(H2,39,40,43). The van der Waals surface area contributed by atoms with Gasteiger partial charge in [-0.1, -0.05) is 83.5 Å². The summed E-state index contributed by atoms with van der Waals surface area (Å²) in [6.07, 6.45) is -2.17. The summed E-state index contributed by atoms with van der Waals surface area (Å²) in [4.78, 5) is 30.7. The van der Waals surface area contributed by atoms with Crippen molar-refractivity contribution in [3.05, 3.63) is 132 Å². The fraction of sp³-hybridized carbons (Fsp3) is 0.0588. The first-order valence-electron chi connectivity index (χ1n) is 13.5. The van der Waals surface area contributed by atoms with Gasteiger partial charge in [0.2, 0.25) is 0 Å². The SMILES string of the molecule is Cc1cccc(-c2nocc2NC(=O)Nc2cccc(-c3c(C(=O)c4ccccc4)cnc4c(C(F)(F)F)cccc34)c2)c1. The quantitative estimate of drug-likeness (QED) is 0.189. The van der Waals surface area contributed by atoms with Crippen LogP contribution in [0.25, 0.3) is 33.3 Å². The van der Waals surface area contributed by atoms with Gasteiger partial charge in [0.1, 0.15) is 17.6 Å². The van der Waals surface area contributed by atoms with Gasteiger partial charge in [0.25, 0.3) is 0 Å². The highest BCUT2D eigenvalue weighted by Crippen LogP contribution is 2.39. The molecule has 0 unspecified atom stereocenters. The zero-order valence-electron chi connectivity index (χ0n) is 23.1. The second-order valence-electron chi connectivity index (χ2n) is 10.0. The molecule has 0 aliphatic rings. The Morgan fingerprint density at radius 2 is 1.57 bits per heavy atom. The van der Waals surface area contributed by atoms with E-state index in [1.165, 1.54) is 24.6 Å². The van der Waals surface area contributed by atoms with Crippen LogP contribution in [0, 0.1) is 6.92 Å².